The van der Waals surface area contributed by atoms with Crippen LogP contribution in [0.4, 0.5) is 11.6 Å². The number of nitrogens with one attached hydrogen (secondary N) is 1. The van der Waals surface area contributed by atoms with E-state index in [4.69, 9.17) is 4.74 Å². The van der Waals surface area contributed by atoms with Crippen LogP contribution in [0.2, 0.25) is 0 Å². The van der Waals surface area contributed by atoms with Gasteiger partial charge in [-0.05, 0) is 49.9 Å². The second-order valence-electron chi connectivity index (χ2n) is 7.52. The first-order valence-corrected chi connectivity index (χ1v) is 12.3. The zero-order chi connectivity index (χ0) is 20.9. The normalized spacial score (nSPS) is 16.3. The third-order valence-electron chi connectivity index (χ3n) is 5.41. The predicted molar refractivity (Wildman–Crippen MR) is 125 cm³/mol. The van der Waals surface area contributed by atoms with Crippen molar-refractivity contribution >= 4 is 38.6 Å². The fourth-order valence-electron chi connectivity index (χ4n) is 3.69. The Labute approximate surface area is 187 Å². The fraction of sp³-hybridized carbons (Fsp3) is 0.476. The van der Waals surface area contributed by atoms with Gasteiger partial charge in [-0.15, -0.1) is 3.25 Å². The van der Waals surface area contributed by atoms with E-state index in [9.17, 15) is 4.79 Å². The van der Waals surface area contributed by atoms with Crippen LogP contribution in [-0.4, -0.2) is 49.2 Å². The molecule has 0 radical (unpaired) electrons. The summed E-state index contributed by atoms with van der Waals surface area (Å²) in [5.74, 6) is 0.967. The maximum Gasteiger partial charge on any atom is 0.341 e. The van der Waals surface area contributed by atoms with E-state index in [2.05, 4.69) is 41.6 Å². The first-order valence-electron chi connectivity index (χ1n) is 10.3. The number of anilines is 2. The lowest BCUT2D eigenvalue weighted by Gasteiger charge is -2.32. The molecule has 1 aromatic carbocycles. The van der Waals surface area contributed by atoms with Crippen LogP contribution in [0.1, 0.15) is 35.7 Å². The summed E-state index contributed by atoms with van der Waals surface area (Å²) < 4.78 is 10.9. The van der Waals surface area contributed by atoms with Gasteiger partial charge in [0.05, 0.1) is 42.5 Å². The quantitative estimate of drug-likeness (QED) is 0.441. The minimum Gasteiger partial charge on any atom is -0.462 e. The van der Waals surface area contributed by atoms with Crippen molar-refractivity contribution in [2.24, 2.45) is 9.17 Å². The van der Waals surface area contributed by atoms with Crippen molar-refractivity contribution in [2.75, 3.05) is 43.2 Å². The average molecular weight is 522 g/mol. The SMILES string of the molecule is CCOC(=O)c1cnc(N2CCC(CNCc3ccc4c(c3)I=NN4C)CC2)nc1. The molecule has 0 bridgehead atoms. The number of rotatable bonds is 7. The second-order valence-corrected chi connectivity index (χ2v) is 9.60. The summed E-state index contributed by atoms with van der Waals surface area (Å²) in [6, 6.07) is 6.70. The van der Waals surface area contributed by atoms with E-state index in [1.165, 1.54) is 14.8 Å². The molecule has 2 aromatic rings. The number of fused-ring (bicyclic) bond motifs is 1. The molecule has 30 heavy (non-hydrogen) atoms. The number of hydrogen-bond donors (Lipinski definition) is 1. The number of aromatic nitrogens is 2. The molecule has 4 rings (SSSR count). The highest BCUT2D eigenvalue weighted by Crippen LogP contribution is 2.34. The number of piperidine rings is 1. The Hall–Kier alpha value is -2.14. The van der Waals surface area contributed by atoms with Crippen LogP contribution in [0.3, 0.4) is 0 Å². The van der Waals surface area contributed by atoms with Gasteiger partial charge in [-0.3, -0.25) is 5.01 Å². The zero-order valence-corrected chi connectivity index (χ0v) is 19.5. The van der Waals surface area contributed by atoms with Crippen molar-refractivity contribution in [1.82, 2.24) is 15.3 Å². The Morgan fingerprint density at radius 2 is 2.03 bits per heavy atom. The second kappa shape index (κ2) is 9.78. The third kappa shape index (κ3) is 4.94. The summed E-state index contributed by atoms with van der Waals surface area (Å²) in [7, 11) is 2.02. The molecule has 1 saturated heterocycles. The molecular formula is C21H27IN6O2. The van der Waals surface area contributed by atoms with Crippen molar-refractivity contribution in [1.29, 1.82) is 0 Å². The lowest BCUT2D eigenvalue weighted by Crippen LogP contribution is -2.38. The minimum atomic E-state index is -0.375. The van der Waals surface area contributed by atoms with Crippen LogP contribution in [-0.2, 0) is 11.3 Å². The fourth-order valence-corrected chi connectivity index (χ4v) is 5.79. The van der Waals surface area contributed by atoms with Gasteiger partial charge in [0.25, 0.3) is 0 Å². The number of carbonyl (C=O) groups is 1. The van der Waals surface area contributed by atoms with Crippen LogP contribution in [0.15, 0.2) is 33.8 Å². The maximum absolute atomic E-state index is 11.7. The molecule has 0 saturated carbocycles. The average Bonchev–Trinajstić information content (AvgIpc) is 3.15. The van der Waals surface area contributed by atoms with E-state index >= 15 is 0 Å². The molecule has 0 unspecified atom stereocenters. The summed E-state index contributed by atoms with van der Waals surface area (Å²) in [5, 5.41) is 5.63. The van der Waals surface area contributed by atoms with Gasteiger partial charge in [-0.1, -0.05) is 6.07 Å². The van der Waals surface area contributed by atoms with Crippen LogP contribution < -0.4 is 15.2 Å². The number of halogens is 1. The monoisotopic (exact) mass is 522 g/mol. The first kappa shape index (κ1) is 21.1. The van der Waals surface area contributed by atoms with E-state index in [1.54, 1.807) is 19.3 Å². The number of nitrogens with zero attached hydrogens (tertiary/aromatic N) is 5. The molecule has 2 aliphatic rings. The Balaban J connectivity index is 1.21. The topological polar surface area (TPSA) is 82.9 Å². The van der Waals surface area contributed by atoms with Gasteiger partial charge in [-0.2, -0.15) is 0 Å². The number of ether oxygens (including phenoxy) is 1. The van der Waals surface area contributed by atoms with Crippen LogP contribution in [0, 0.1) is 9.49 Å². The van der Waals surface area contributed by atoms with Gasteiger partial charge < -0.3 is 15.0 Å². The van der Waals surface area contributed by atoms with Crippen molar-refractivity contribution in [3.63, 3.8) is 0 Å². The Morgan fingerprint density at radius 1 is 1.27 bits per heavy atom. The molecule has 1 N–H and O–H groups in total. The highest BCUT2D eigenvalue weighted by molar-refractivity contribution is 14.2. The molecule has 1 fully saturated rings. The van der Waals surface area contributed by atoms with E-state index < -0.39 is 0 Å². The molecule has 2 aliphatic heterocycles. The molecular weight excluding hydrogens is 495 g/mol. The van der Waals surface area contributed by atoms with Gasteiger partial charge in [0.15, 0.2) is 0 Å². The van der Waals surface area contributed by atoms with Gasteiger partial charge in [0, 0.05) is 39.1 Å². The molecule has 0 atom stereocenters. The minimum absolute atomic E-state index is 0.219. The molecule has 9 heteroatoms. The number of hydrogen-bond acceptors (Lipinski definition) is 8. The molecule has 3 heterocycles. The maximum atomic E-state index is 11.7. The highest BCUT2D eigenvalue weighted by Gasteiger charge is 2.21. The lowest BCUT2D eigenvalue weighted by molar-refractivity contribution is 0.0525. The van der Waals surface area contributed by atoms with Gasteiger partial charge in [-0.25, -0.2) is 14.8 Å². The van der Waals surface area contributed by atoms with Gasteiger partial charge >= 0.3 is 5.97 Å². The van der Waals surface area contributed by atoms with Crippen molar-refractivity contribution < 1.29 is 9.53 Å². The summed E-state index contributed by atoms with van der Waals surface area (Å²) in [4.78, 5) is 22.6. The van der Waals surface area contributed by atoms with E-state index in [-0.39, 0.29) is 27.0 Å². The third-order valence-corrected chi connectivity index (χ3v) is 7.66. The summed E-state index contributed by atoms with van der Waals surface area (Å²) >= 11 is -0.219. The van der Waals surface area contributed by atoms with Gasteiger partial charge in [0.2, 0.25) is 5.95 Å². The smallest absolute Gasteiger partial charge is 0.341 e. The van der Waals surface area contributed by atoms with Crippen LogP contribution in [0.25, 0.3) is 0 Å². The summed E-state index contributed by atoms with van der Waals surface area (Å²) in [5.41, 5.74) is 3.00. The van der Waals surface area contributed by atoms with E-state index in [0.717, 1.165) is 39.0 Å². The standard InChI is InChI=1S/C21H27IN6O2/c1-3-30-20(29)17-13-24-21(25-14-17)28-8-6-15(7-9-28)11-23-12-16-4-5-19-18(10-16)22-26-27(19)2/h4-5,10,13-15,23H,3,6-9,11-12H2,1-2H3. The van der Waals surface area contributed by atoms with E-state index in [0.29, 0.717) is 24.0 Å². The Morgan fingerprint density at radius 3 is 2.77 bits per heavy atom. The van der Waals surface area contributed by atoms with Crippen LogP contribution >= 0.6 is 21.0 Å². The number of carbonyl (C=O) groups excluding carboxylic acids is 1. The molecule has 1 aromatic heterocycles. The summed E-state index contributed by atoms with van der Waals surface area (Å²) in [6.45, 7) is 5.92. The first-order chi connectivity index (χ1) is 14.6. The van der Waals surface area contributed by atoms with Gasteiger partial charge in [0.1, 0.15) is 0 Å². The van der Waals surface area contributed by atoms with Crippen molar-refractivity contribution in [3.05, 3.63) is 45.3 Å². The molecule has 0 spiro atoms. The molecule has 160 valence electrons. The zero-order valence-electron chi connectivity index (χ0n) is 17.3. The number of benzene rings is 1. The Kier molecular flexibility index (Phi) is 6.88. The molecule has 8 nitrogen and oxygen atoms in total. The lowest BCUT2D eigenvalue weighted by atomic mass is 9.97. The Bertz CT molecular complexity index is 912. The molecule has 0 aliphatic carbocycles. The van der Waals surface area contributed by atoms with Crippen LogP contribution in [0.5, 0.6) is 0 Å². The predicted octanol–water partition coefficient (Wildman–Crippen LogP) is 3.35. The summed E-state index contributed by atoms with van der Waals surface area (Å²) in [6.07, 6.45) is 5.32. The van der Waals surface area contributed by atoms with Crippen molar-refractivity contribution in [2.45, 2.75) is 26.3 Å². The van der Waals surface area contributed by atoms with Crippen molar-refractivity contribution in [3.8, 4) is 0 Å². The largest absolute Gasteiger partial charge is 0.462 e. The molecule has 0 amide bonds. The highest BCUT2D eigenvalue weighted by atomic mass is 127. The number of esters is 1. The van der Waals surface area contributed by atoms with E-state index in [1.807, 2.05) is 12.1 Å².